The molecule has 8 nitrogen and oxygen atoms in total. The first-order valence-corrected chi connectivity index (χ1v) is 9.47. The first-order chi connectivity index (χ1) is 13.0. The quantitative estimate of drug-likeness (QED) is 0.730. The number of aromatic nitrogens is 2. The second kappa shape index (κ2) is 7.00. The molecule has 3 amide bonds. The van der Waals surface area contributed by atoms with Crippen molar-refractivity contribution in [2.45, 2.75) is 65.1 Å². The summed E-state index contributed by atoms with van der Waals surface area (Å²) in [7, 11) is 0. The van der Waals surface area contributed by atoms with E-state index in [2.05, 4.69) is 20.6 Å². The predicted octanol–water partition coefficient (Wildman–Crippen LogP) is 3.78. The van der Waals surface area contributed by atoms with Crippen LogP contribution in [0.4, 0.5) is 15.3 Å². The number of aryl methyl sites for hydroxylation is 1. The van der Waals surface area contributed by atoms with Gasteiger partial charge in [0.25, 0.3) is 0 Å². The molecule has 1 aliphatic rings. The van der Waals surface area contributed by atoms with Crippen LogP contribution in [0, 0.1) is 6.92 Å². The molecule has 1 saturated heterocycles. The Labute approximate surface area is 165 Å². The maximum atomic E-state index is 12.5. The highest BCUT2D eigenvalue weighted by Crippen LogP contribution is 2.30. The van der Waals surface area contributed by atoms with Gasteiger partial charge in [-0.3, -0.25) is 0 Å². The molecule has 1 fully saturated rings. The van der Waals surface area contributed by atoms with Gasteiger partial charge in [-0.15, -0.1) is 0 Å². The van der Waals surface area contributed by atoms with Crippen LogP contribution in [0.25, 0.3) is 11.0 Å². The molecule has 3 heterocycles. The third kappa shape index (κ3) is 4.21. The average molecular weight is 387 g/mol. The second-order valence-corrected chi connectivity index (χ2v) is 8.94. The fraction of sp³-hybridized carbons (Fsp3) is 0.550. The van der Waals surface area contributed by atoms with Gasteiger partial charge in [0.05, 0.1) is 17.9 Å². The molecule has 152 valence electrons. The molecule has 2 aromatic rings. The molecule has 0 radical (unpaired) electrons. The summed E-state index contributed by atoms with van der Waals surface area (Å²) in [5.41, 5.74) is 1.43. The second-order valence-electron chi connectivity index (χ2n) is 8.94. The molecule has 1 atom stereocenters. The molecule has 1 aliphatic heterocycles. The summed E-state index contributed by atoms with van der Waals surface area (Å²) in [6.45, 7) is 11.8. The van der Waals surface area contributed by atoms with Crippen molar-refractivity contribution in [3.05, 3.63) is 24.0 Å². The summed E-state index contributed by atoms with van der Waals surface area (Å²) in [6.07, 6.45) is 3.74. The number of carbonyl (C=O) groups is 2. The maximum Gasteiger partial charge on any atom is 0.410 e. The molecule has 0 aliphatic carbocycles. The van der Waals surface area contributed by atoms with Crippen LogP contribution in [-0.2, 0) is 4.74 Å². The summed E-state index contributed by atoms with van der Waals surface area (Å²) >= 11 is 0. The molecule has 0 spiro atoms. The van der Waals surface area contributed by atoms with Crippen molar-refractivity contribution in [1.82, 2.24) is 20.2 Å². The van der Waals surface area contributed by atoms with E-state index in [0.717, 1.165) is 16.6 Å². The highest BCUT2D eigenvalue weighted by molar-refractivity contribution is 5.94. The number of ether oxygens (including phenoxy) is 1. The Morgan fingerprint density at radius 2 is 2.07 bits per heavy atom. The van der Waals surface area contributed by atoms with Crippen LogP contribution in [0.1, 0.15) is 46.6 Å². The lowest BCUT2D eigenvalue weighted by Crippen LogP contribution is -2.45. The van der Waals surface area contributed by atoms with Crippen LogP contribution >= 0.6 is 0 Å². The van der Waals surface area contributed by atoms with E-state index >= 15 is 0 Å². The molecule has 8 heteroatoms. The molecule has 0 saturated carbocycles. The number of nitrogens with zero attached hydrogens (tertiary/aromatic N) is 2. The van der Waals surface area contributed by atoms with Crippen molar-refractivity contribution in [2.24, 2.45) is 0 Å². The minimum atomic E-state index is -0.558. The standard InChI is InChI=1S/C20H29N5O3/c1-12-14-7-8-21-16(14)22-10-15(12)24-17(26)23-13-9-20(5,6)25(11-13)18(27)28-19(2,3)4/h7-8,10,13H,9,11H2,1-6H3,(H,21,22)(H2,23,24,26). The van der Waals surface area contributed by atoms with Crippen LogP contribution < -0.4 is 10.6 Å². The first kappa shape index (κ1) is 20.0. The van der Waals surface area contributed by atoms with Gasteiger partial charge in [0.2, 0.25) is 0 Å². The van der Waals surface area contributed by atoms with Gasteiger partial charge in [-0.2, -0.15) is 0 Å². The third-order valence-corrected chi connectivity index (χ3v) is 4.93. The number of urea groups is 1. The maximum absolute atomic E-state index is 12.5. The highest BCUT2D eigenvalue weighted by atomic mass is 16.6. The Hall–Kier alpha value is -2.77. The van der Waals surface area contributed by atoms with Crippen molar-refractivity contribution in [2.75, 3.05) is 11.9 Å². The monoisotopic (exact) mass is 387 g/mol. The smallest absolute Gasteiger partial charge is 0.410 e. The van der Waals surface area contributed by atoms with E-state index in [1.165, 1.54) is 0 Å². The number of H-pyrrole nitrogens is 1. The minimum Gasteiger partial charge on any atom is -0.444 e. The van der Waals surface area contributed by atoms with Gasteiger partial charge in [-0.1, -0.05) is 0 Å². The van der Waals surface area contributed by atoms with Gasteiger partial charge < -0.3 is 25.3 Å². The lowest BCUT2D eigenvalue weighted by Gasteiger charge is -2.33. The lowest BCUT2D eigenvalue weighted by atomic mass is 10.0. The van der Waals surface area contributed by atoms with Gasteiger partial charge in [0.1, 0.15) is 11.2 Å². The van der Waals surface area contributed by atoms with Crippen LogP contribution in [0.3, 0.4) is 0 Å². The SMILES string of the molecule is Cc1c(NC(=O)NC2CN(C(=O)OC(C)(C)C)C(C)(C)C2)cnc2[nH]ccc12. The average Bonchev–Trinajstić information content (AvgIpc) is 3.12. The van der Waals surface area contributed by atoms with Crippen molar-refractivity contribution in [3.8, 4) is 0 Å². The molecular formula is C20H29N5O3. The normalized spacial score (nSPS) is 18.9. The molecule has 3 rings (SSSR count). The Morgan fingerprint density at radius 3 is 2.75 bits per heavy atom. The number of amides is 3. The summed E-state index contributed by atoms with van der Waals surface area (Å²) in [6, 6.07) is 1.46. The number of rotatable bonds is 2. The van der Waals surface area contributed by atoms with E-state index < -0.39 is 11.1 Å². The van der Waals surface area contributed by atoms with Crippen molar-refractivity contribution >= 4 is 28.8 Å². The summed E-state index contributed by atoms with van der Waals surface area (Å²) in [5, 5.41) is 6.80. The predicted molar refractivity (Wildman–Crippen MR) is 108 cm³/mol. The van der Waals surface area contributed by atoms with E-state index in [9.17, 15) is 9.59 Å². The Kier molecular flexibility index (Phi) is 4.99. The van der Waals surface area contributed by atoms with Gasteiger partial charge in [0, 0.05) is 23.7 Å². The fourth-order valence-electron chi connectivity index (χ4n) is 3.59. The van der Waals surface area contributed by atoms with Gasteiger partial charge in [0.15, 0.2) is 0 Å². The molecule has 1 unspecified atom stereocenters. The molecule has 0 aromatic carbocycles. The Morgan fingerprint density at radius 1 is 1.36 bits per heavy atom. The molecule has 28 heavy (non-hydrogen) atoms. The van der Waals surface area contributed by atoms with Gasteiger partial charge >= 0.3 is 12.1 Å². The van der Waals surface area contributed by atoms with Crippen LogP contribution in [0.5, 0.6) is 0 Å². The number of carbonyl (C=O) groups excluding carboxylic acids is 2. The van der Waals surface area contributed by atoms with Gasteiger partial charge in [-0.25, -0.2) is 14.6 Å². The van der Waals surface area contributed by atoms with Crippen LogP contribution in [0.15, 0.2) is 18.5 Å². The number of likely N-dealkylation sites (tertiary alicyclic amines) is 1. The fourth-order valence-corrected chi connectivity index (χ4v) is 3.59. The zero-order chi connectivity index (χ0) is 20.7. The largest absolute Gasteiger partial charge is 0.444 e. The minimum absolute atomic E-state index is 0.160. The third-order valence-electron chi connectivity index (χ3n) is 4.93. The van der Waals surface area contributed by atoms with Crippen LogP contribution in [-0.4, -0.2) is 50.7 Å². The van der Waals surface area contributed by atoms with Crippen molar-refractivity contribution in [1.29, 1.82) is 0 Å². The topological polar surface area (TPSA) is 99.3 Å². The number of fused-ring (bicyclic) bond motifs is 1. The van der Waals surface area contributed by atoms with E-state index in [4.69, 9.17) is 4.74 Å². The summed E-state index contributed by atoms with van der Waals surface area (Å²) in [4.78, 5) is 34.1. The zero-order valence-electron chi connectivity index (χ0n) is 17.3. The number of anilines is 1. The molecule has 3 N–H and O–H groups in total. The number of nitrogens with one attached hydrogen (secondary N) is 3. The lowest BCUT2D eigenvalue weighted by molar-refractivity contribution is 0.0132. The van der Waals surface area contributed by atoms with Crippen molar-refractivity contribution in [3.63, 3.8) is 0 Å². The van der Waals surface area contributed by atoms with Crippen molar-refractivity contribution < 1.29 is 14.3 Å². The first-order valence-electron chi connectivity index (χ1n) is 9.47. The molecule has 0 bridgehead atoms. The molecular weight excluding hydrogens is 358 g/mol. The van der Waals surface area contributed by atoms with E-state index in [-0.39, 0.29) is 18.2 Å². The van der Waals surface area contributed by atoms with E-state index in [1.807, 2.05) is 53.8 Å². The molecule has 2 aromatic heterocycles. The highest BCUT2D eigenvalue weighted by Gasteiger charge is 2.43. The van der Waals surface area contributed by atoms with E-state index in [0.29, 0.717) is 18.7 Å². The van der Waals surface area contributed by atoms with E-state index in [1.54, 1.807) is 11.1 Å². The number of hydrogen-bond donors (Lipinski definition) is 3. The number of aromatic amines is 1. The number of pyridine rings is 1. The Bertz CT molecular complexity index is 897. The van der Waals surface area contributed by atoms with Crippen LogP contribution in [0.2, 0.25) is 0 Å². The summed E-state index contributed by atoms with van der Waals surface area (Å²) < 4.78 is 5.50. The Balaban J connectivity index is 1.64. The number of hydrogen-bond acceptors (Lipinski definition) is 4. The zero-order valence-corrected chi connectivity index (χ0v) is 17.3. The van der Waals surface area contributed by atoms with Gasteiger partial charge in [-0.05, 0) is 59.6 Å². The summed E-state index contributed by atoms with van der Waals surface area (Å²) in [5.74, 6) is 0.